The van der Waals surface area contributed by atoms with Gasteiger partial charge in [0.15, 0.2) is 34.9 Å². The molecule has 0 aliphatic carbocycles. The van der Waals surface area contributed by atoms with E-state index in [1.165, 1.54) is 16.2 Å². The minimum absolute atomic E-state index is 0.637. The summed E-state index contributed by atoms with van der Waals surface area (Å²) >= 11 is 3.49. The van der Waals surface area contributed by atoms with E-state index in [2.05, 4.69) is 39.8 Å². The van der Waals surface area contributed by atoms with Crippen LogP contribution < -0.4 is 0 Å². The van der Waals surface area contributed by atoms with Gasteiger partial charge in [-0.2, -0.15) is 0 Å². The van der Waals surface area contributed by atoms with Crippen molar-refractivity contribution in [3.05, 3.63) is 143 Å². The lowest BCUT2D eigenvalue weighted by Gasteiger charge is -2.13. The molecule has 9 rings (SSSR count). The van der Waals surface area contributed by atoms with Crippen LogP contribution in [0, 0.1) is 13.8 Å². The second-order valence-electron chi connectivity index (χ2n) is 12.7. The molecule has 4 heterocycles. The maximum Gasteiger partial charge on any atom is 0.166 e. The summed E-state index contributed by atoms with van der Waals surface area (Å²) < 4.78 is 2.19. The first-order valence-corrected chi connectivity index (χ1v) is 20.3. The number of aryl methyl sites for hydroxylation is 2. The predicted molar refractivity (Wildman–Crippen MR) is 233 cm³/mol. The van der Waals surface area contributed by atoms with E-state index in [9.17, 15) is 0 Å². The van der Waals surface area contributed by atoms with Gasteiger partial charge in [0.25, 0.3) is 0 Å². The molecule has 0 N–H and O–H groups in total. The summed E-state index contributed by atoms with van der Waals surface area (Å²) in [6.07, 6.45) is 1.25. The molecular weight excluding hydrogens is 713 g/mol. The van der Waals surface area contributed by atoms with Crippen molar-refractivity contribution in [2.45, 2.75) is 48.0 Å². The molecule has 6 nitrogen and oxygen atoms in total. The van der Waals surface area contributed by atoms with Gasteiger partial charge in [-0.3, -0.25) is 0 Å². The van der Waals surface area contributed by atoms with Crippen LogP contribution in [-0.4, -0.2) is 29.9 Å². The van der Waals surface area contributed by atoms with Crippen LogP contribution in [0.25, 0.3) is 88.5 Å². The third kappa shape index (κ3) is 7.83. The highest BCUT2D eigenvalue weighted by Crippen LogP contribution is 2.48. The number of hydrogen-bond donors (Lipinski definition) is 0. The Balaban J connectivity index is 0.000000889. The van der Waals surface area contributed by atoms with Crippen LogP contribution in [0.2, 0.25) is 0 Å². The lowest BCUT2D eigenvalue weighted by atomic mass is 10.00. The van der Waals surface area contributed by atoms with Crippen LogP contribution >= 0.6 is 22.7 Å². The zero-order valence-electron chi connectivity index (χ0n) is 31.9. The molecule has 0 aliphatic rings. The third-order valence-corrected chi connectivity index (χ3v) is 10.7. The van der Waals surface area contributed by atoms with E-state index in [1.807, 2.05) is 135 Å². The average Bonchev–Trinajstić information content (AvgIpc) is 3.82. The number of hydrogen-bond acceptors (Lipinski definition) is 8. The molecule has 0 unspecified atom stereocenters. The molecule has 8 heteroatoms. The van der Waals surface area contributed by atoms with Crippen molar-refractivity contribution in [3.8, 4) is 68.3 Å². The van der Waals surface area contributed by atoms with Crippen molar-refractivity contribution in [2.24, 2.45) is 0 Å². The van der Waals surface area contributed by atoms with Gasteiger partial charge in [0.05, 0.1) is 0 Å². The van der Waals surface area contributed by atoms with Crippen LogP contribution in [0.4, 0.5) is 0 Å². The lowest BCUT2D eigenvalue weighted by molar-refractivity contribution is 1.08. The molecule has 0 radical (unpaired) electrons. The SMILES string of the molecule is CC.CCC.Cc1cc2c(-c3nc(-c4ccccc4)nc(-c4ccccc4)n3)c3sc(C)cc3c(-c3nc(-c4ccccc4)nc(-c4ccccc4)n3)c2s1. The summed E-state index contributed by atoms with van der Waals surface area (Å²) in [5, 5.41) is 2.15. The van der Waals surface area contributed by atoms with Gasteiger partial charge in [-0.1, -0.05) is 155 Å². The second kappa shape index (κ2) is 17.0. The average molecular weight is 755 g/mol. The Kier molecular flexibility index (Phi) is 11.6. The van der Waals surface area contributed by atoms with Gasteiger partial charge in [-0.25, -0.2) is 29.9 Å². The summed E-state index contributed by atoms with van der Waals surface area (Å²) in [7, 11) is 0. The van der Waals surface area contributed by atoms with E-state index < -0.39 is 0 Å². The molecule has 272 valence electrons. The van der Waals surface area contributed by atoms with Crippen LogP contribution in [0.15, 0.2) is 133 Å². The Bertz CT molecular complexity index is 2320. The fraction of sp³-hybridized carbons (Fsp3) is 0.149. The van der Waals surface area contributed by atoms with Crippen molar-refractivity contribution < 1.29 is 0 Å². The molecule has 0 fully saturated rings. The van der Waals surface area contributed by atoms with Gasteiger partial charge in [-0.15, -0.1) is 22.7 Å². The van der Waals surface area contributed by atoms with Gasteiger partial charge < -0.3 is 0 Å². The summed E-state index contributed by atoms with van der Waals surface area (Å²) in [5.74, 6) is 3.83. The highest BCUT2D eigenvalue weighted by atomic mass is 32.1. The van der Waals surface area contributed by atoms with Crippen molar-refractivity contribution in [3.63, 3.8) is 0 Å². The number of aromatic nitrogens is 6. The number of rotatable bonds is 6. The minimum atomic E-state index is 0.637. The van der Waals surface area contributed by atoms with Crippen molar-refractivity contribution >= 4 is 42.8 Å². The van der Waals surface area contributed by atoms with Gasteiger partial charge in [0.2, 0.25) is 0 Å². The molecule has 0 saturated heterocycles. The largest absolute Gasteiger partial charge is 0.208 e. The van der Waals surface area contributed by atoms with Gasteiger partial charge >= 0.3 is 0 Å². The Morgan fingerprint density at radius 3 is 0.873 bits per heavy atom. The maximum absolute atomic E-state index is 5.18. The van der Waals surface area contributed by atoms with Gasteiger partial charge in [0.1, 0.15) is 0 Å². The quantitative estimate of drug-likeness (QED) is 0.168. The molecule has 0 atom stereocenters. The van der Waals surface area contributed by atoms with Crippen LogP contribution in [0.5, 0.6) is 0 Å². The topological polar surface area (TPSA) is 77.3 Å². The van der Waals surface area contributed by atoms with Crippen LogP contribution in [0.1, 0.15) is 43.9 Å². The highest BCUT2D eigenvalue weighted by molar-refractivity contribution is 7.21. The Hall–Kier alpha value is -5.96. The van der Waals surface area contributed by atoms with Crippen LogP contribution in [0.3, 0.4) is 0 Å². The van der Waals surface area contributed by atoms with Gasteiger partial charge in [-0.05, 0) is 26.0 Å². The minimum Gasteiger partial charge on any atom is -0.208 e. The summed E-state index contributed by atoms with van der Waals surface area (Å²) in [4.78, 5) is 33.0. The van der Waals surface area contributed by atoms with Crippen molar-refractivity contribution in [1.29, 1.82) is 0 Å². The van der Waals surface area contributed by atoms with E-state index >= 15 is 0 Å². The molecule has 0 amide bonds. The monoisotopic (exact) mass is 754 g/mol. The first-order valence-electron chi connectivity index (χ1n) is 18.7. The number of thiophene rings is 2. The second-order valence-corrected chi connectivity index (χ2v) is 15.2. The van der Waals surface area contributed by atoms with E-state index in [4.69, 9.17) is 29.9 Å². The first-order chi connectivity index (χ1) is 27.0. The zero-order chi connectivity index (χ0) is 38.3. The molecule has 0 aliphatic heterocycles. The van der Waals surface area contributed by atoms with E-state index in [0.717, 1.165) is 53.6 Å². The highest BCUT2D eigenvalue weighted by Gasteiger charge is 2.25. The Morgan fingerprint density at radius 1 is 0.382 bits per heavy atom. The molecule has 0 saturated carbocycles. The van der Waals surface area contributed by atoms with Crippen molar-refractivity contribution in [2.75, 3.05) is 0 Å². The first kappa shape index (κ1) is 37.4. The van der Waals surface area contributed by atoms with Crippen LogP contribution in [-0.2, 0) is 0 Å². The fourth-order valence-electron chi connectivity index (χ4n) is 6.30. The molecule has 4 aromatic heterocycles. The smallest absolute Gasteiger partial charge is 0.166 e. The molecular formula is C47H42N6S2. The predicted octanol–water partition coefficient (Wildman–Crippen LogP) is 13.5. The lowest BCUT2D eigenvalue weighted by Crippen LogP contribution is -2.02. The number of benzene rings is 5. The number of fused-ring (bicyclic) bond motifs is 2. The zero-order valence-corrected chi connectivity index (χ0v) is 33.5. The Labute approximate surface area is 330 Å². The summed E-state index contributed by atoms with van der Waals surface area (Å²) in [6.45, 7) is 12.5. The van der Waals surface area contributed by atoms with E-state index in [-0.39, 0.29) is 0 Å². The van der Waals surface area contributed by atoms with Crippen molar-refractivity contribution in [1.82, 2.24) is 29.9 Å². The molecule has 0 spiro atoms. The normalized spacial score (nSPS) is 10.8. The third-order valence-electron chi connectivity index (χ3n) is 8.55. The molecule has 9 aromatic rings. The molecule has 5 aromatic carbocycles. The van der Waals surface area contributed by atoms with Gasteiger partial charge in [0, 0.05) is 63.3 Å². The molecule has 0 bridgehead atoms. The fourth-order valence-corrected chi connectivity index (χ4v) is 8.45. The van der Waals surface area contributed by atoms with E-state index in [1.54, 1.807) is 22.7 Å². The molecule has 55 heavy (non-hydrogen) atoms. The standard InChI is InChI=1S/C42H28N6S2.C3H8.C2H6/c1-25-23-31-33(41-45-37(27-15-7-3-8-16-27)43-38(46-41)28-17-9-4-10-18-28)36-32(24-26(2)50-36)34(35(31)49-25)42-47-39(29-19-11-5-12-20-29)44-40(48-42)30-21-13-6-14-22-30;1-3-2;1-2/h3-24H,1-2H3;3H2,1-2H3;1-2H3. The summed E-state index contributed by atoms with van der Waals surface area (Å²) in [5.41, 5.74) is 5.75. The number of nitrogens with zero attached hydrogens (tertiary/aromatic N) is 6. The Morgan fingerprint density at radius 2 is 0.618 bits per heavy atom. The van der Waals surface area contributed by atoms with E-state index in [0.29, 0.717) is 34.9 Å². The maximum atomic E-state index is 5.18. The summed E-state index contributed by atoms with van der Waals surface area (Å²) in [6, 6.07) is 45.0.